The van der Waals surface area contributed by atoms with Crippen LogP contribution in [0.1, 0.15) is 25.7 Å². The highest BCUT2D eigenvalue weighted by Gasteiger charge is 2.55. The molecule has 2 unspecified atom stereocenters. The van der Waals surface area contributed by atoms with E-state index in [2.05, 4.69) is 0 Å². The Hall–Kier alpha value is -1.32. The Kier molecular flexibility index (Phi) is 1.69. The third-order valence-electron chi connectivity index (χ3n) is 3.61. The molecule has 0 N–H and O–H groups in total. The minimum Gasteiger partial charge on any atom is -0.449 e. The molecule has 2 fully saturated rings. The van der Waals surface area contributed by atoms with E-state index in [4.69, 9.17) is 4.74 Å². The first-order chi connectivity index (χ1) is 7.21. The van der Waals surface area contributed by atoms with Crippen LogP contribution in [-0.2, 0) is 14.3 Å². The van der Waals surface area contributed by atoms with Crippen LogP contribution in [0.3, 0.4) is 0 Å². The van der Waals surface area contributed by atoms with Crippen molar-refractivity contribution in [3.63, 3.8) is 0 Å². The van der Waals surface area contributed by atoms with E-state index in [0.29, 0.717) is 6.42 Å². The van der Waals surface area contributed by atoms with Crippen LogP contribution < -0.4 is 0 Å². The van der Waals surface area contributed by atoms with Gasteiger partial charge in [0.1, 0.15) is 0 Å². The quantitative estimate of drug-likeness (QED) is 0.547. The number of hydrogen-bond donors (Lipinski definition) is 0. The highest BCUT2D eigenvalue weighted by Crippen LogP contribution is 2.41. The molecule has 4 nitrogen and oxygen atoms in total. The Morgan fingerprint density at radius 3 is 3.00 bits per heavy atom. The molecule has 3 aliphatic heterocycles. The zero-order chi connectivity index (χ0) is 10.5. The molecular weight excluding hydrogens is 194 g/mol. The van der Waals surface area contributed by atoms with Gasteiger partial charge in [0.15, 0.2) is 5.60 Å². The maximum atomic E-state index is 11.8. The first-order valence-corrected chi connectivity index (χ1v) is 5.43. The van der Waals surface area contributed by atoms with Gasteiger partial charge in [-0.25, -0.2) is 4.79 Å². The lowest BCUT2D eigenvalue weighted by Crippen LogP contribution is -2.47. The number of carbonyl (C=O) groups is 2. The maximum absolute atomic E-state index is 11.8. The number of ether oxygens (including phenoxy) is 1. The SMILES string of the molecule is O=C1C=CC2(CC(=O)N3CCCCC32)O1. The van der Waals surface area contributed by atoms with Gasteiger partial charge >= 0.3 is 5.97 Å². The van der Waals surface area contributed by atoms with E-state index in [1.54, 1.807) is 6.08 Å². The monoisotopic (exact) mass is 207 g/mol. The minimum atomic E-state index is -0.630. The summed E-state index contributed by atoms with van der Waals surface area (Å²) in [6, 6.07) is 0.0847. The molecule has 0 aromatic heterocycles. The molecule has 2 atom stereocenters. The predicted octanol–water partition coefficient (Wildman–Crippen LogP) is 0.623. The van der Waals surface area contributed by atoms with Gasteiger partial charge in [-0.1, -0.05) is 0 Å². The molecule has 0 aliphatic carbocycles. The molecule has 0 aromatic carbocycles. The molecule has 15 heavy (non-hydrogen) atoms. The predicted molar refractivity (Wildman–Crippen MR) is 51.9 cm³/mol. The standard InChI is InChI=1S/C11H13NO3/c13-9-7-11(5-4-10(14)15-11)8-3-1-2-6-12(8)9/h4-5,8H,1-3,6-7H2. The second-order valence-corrected chi connectivity index (χ2v) is 4.48. The van der Waals surface area contributed by atoms with Crippen LogP contribution in [0, 0.1) is 0 Å². The number of nitrogens with zero attached hydrogens (tertiary/aromatic N) is 1. The van der Waals surface area contributed by atoms with Gasteiger partial charge in [0, 0.05) is 12.6 Å². The summed E-state index contributed by atoms with van der Waals surface area (Å²) in [6.45, 7) is 0.816. The van der Waals surface area contributed by atoms with Gasteiger partial charge in [0.05, 0.1) is 12.5 Å². The second-order valence-electron chi connectivity index (χ2n) is 4.48. The fraction of sp³-hybridized carbons (Fsp3) is 0.636. The number of amides is 1. The Morgan fingerprint density at radius 2 is 2.27 bits per heavy atom. The lowest BCUT2D eigenvalue weighted by molar-refractivity contribution is -0.147. The van der Waals surface area contributed by atoms with Crippen molar-refractivity contribution in [2.24, 2.45) is 0 Å². The molecule has 3 rings (SSSR count). The van der Waals surface area contributed by atoms with Gasteiger partial charge in [0.2, 0.25) is 5.91 Å². The van der Waals surface area contributed by atoms with E-state index in [1.807, 2.05) is 4.90 Å². The van der Waals surface area contributed by atoms with Crippen LogP contribution >= 0.6 is 0 Å². The van der Waals surface area contributed by atoms with E-state index in [1.165, 1.54) is 6.08 Å². The maximum Gasteiger partial charge on any atom is 0.331 e. The Labute approximate surface area is 87.9 Å². The largest absolute Gasteiger partial charge is 0.449 e. The molecule has 0 bridgehead atoms. The minimum absolute atomic E-state index is 0.0847. The Balaban J connectivity index is 1.95. The van der Waals surface area contributed by atoms with E-state index >= 15 is 0 Å². The van der Waals surface area contributed by atoms with E-state index in [9.17, 15) is 9.59 Å². The molecule has 80 valence electrons. The second kappa shape index (κ2) is 2.84. The van der Waals surface area contributed by atoms with Crippen molar-refractivity contribution >= 4 is 11.9 Å². The lowest BCUT2D eigenvalue weighted by Gasteiger charge is -2.35. The van der Waals surface area contributed by atoms with Gasteiger partial charge in [0.25, 0.3) is 0 Å². The molecule has 0 saturated carbocycles. The van der Waals surface area contributed by atoms with Crippen molar-refractivity contribution in [2.75, 3.05) is 6.54 Å². The lowest BCUT2D eigenvalue weighted by atomic mass is 9.89. The molecule has 2 saturated heterocycles. The van der Waals surface area contributed by atoms with Crippen LogP contribution in [-0.4, -0.2) is 35.0 Å². The fourth-order valence-corrected chi connectivity index (χ4v) is 2.93. The van der Waals surface area contributed by atoms with Crippen LogP contribution in [0.5, 0.6) is 0 Å². The number of hydrogen-bond acceptors (Lipinski definition) is 3. The summed E-state index contributed by atoms with van der Waals surface area (Å²) >= 11 is 0. The molecule has 0 radical (unpaired) electrons. The third-order valence-corrected chi connectivity index (χ3v) is 3.61. The van der Waals surface area contributed by atoms with Crippen LogP contribution in [0.4, 0.5) is 0 Å². The first kappa shape index (κ1) is 8.95. The summed E-state index contributed by atoms with van der Waals surface area (Å²) in [5, 5.41) is 0. The van der Waals surface area contributed by atoms with Gasteiger partial charge in [-0.2, -0.15) is 0 Å². The summed E-state index contributed by atoms with van der Waals surface area (Å²) in [4.78, 5) is 24.8. The van der Waals surface area contributed by atoms with Crippen LogP contribution in [0.15, 0.2) is 12.2 Å². The number of fused-ring (bicyclic) bond motifs is 2. The summed E-state index contributed by atoms with van der Waals surface area (Å²) in [5.74, 6) is -0.186. The van der Waals surface area contributed by atoms with Gasteiger partial charge in [-0.15, -0.1) is 0 Å². The Morgan fingerprint density at radius 1 is 1.40 bits per heavy atom. The van der Waals surface area contributed by atoms with Gasteiger partial charge in [-0.05, 0) is 25.3 Å². The summed E-state index contributed by atoms with van der Waals surface area (Å²) in [6.07, 6.45) is 6.69. The summed E-state index contributed by atoms with van der Waals surface area (Å²) < 4.78 is 5.34. The number of esters is 1. The van der Waals surface area contributed by atoms with E-state index in [0.717, 1.165) is 25.8 Å². The average molecular weight is 207 g/mol. The highest BCUT2D eigenvalue weighted by atomic mass is 16.6. The smallest absolute Gasteiger partial charge is 0.331 e. The van der Waals surface area contributed by atoms with E-state index < -0.39 is 5.60 Å². The zero-order valence-electron chi connectivity index (χ0n) is 8.44. The topological polar surface area (TPSA) is 46.6 Å². The van der Waals surface area contributed by atoms with Crippen molar-refractivity contribution in [3.8, 4) is 0 Å². The van der Waals surface area contributed by atoms with Crippen molar-refractivity contribution < 1.29 is 14.3 Å². The molecule has 0 aromatic rings. The number of carbonyl (C=O) groups excluding carboxylic acids is 2. The molecule has 1 spiro atoms. The van der Waals surface area contributed by atoms with E-state index in [-0.39, 0.29) is 17.9 Å². The normalized spacial score (nSPS) is 38.7. The number of rotatable bonds is 0. The third kappa shape index (κ3) is 1.14. The van der Waals surface area contributed by atoms with Crippen molar-refractivity contribution in [2.45, 2.75) is 37.3 Å². The van der Waals surface area contributed by atoms with Crippen molar-refractivity contribution in [1.82, 2.24) is 4.90 Å². The first-order valence-electron chi connectivity index (χ1n) is 5.43. The number of piperidine rings is 1. The fourth-order valence-electron chi connectivity index (χ4n) is 2.93. The molecule has 4 heteroatoms. The van der Waals surface area contributed by atoms with Crippen molar-refractivity contribution in [1.29, 1.82) is 0 Å². The zero-order valence-corrected chi connectivity index (χ0v) is 8.44. The summed E-state index contributed by atoms with van der Waals surface area (Å²) in [5.41, 5.74) is -0.630. The van der Waals surface area contributed by atoms with Crippen LogP contribution in [0.2, 0.25) is 0 Å². The van der Waals surface area contributed by atoms with Gasteiger partial charge in [-0.3, -0.25) is 4.79 Å². The molecule has 3 heterocycles. The Bertz CT molecular complexity index is 363. The summed E-state index contributed by atoms with van der Waals surface area (Å²) in [7, 11) is 0. The van der Waals surface area contributed by atoms with Gasteiger partial charge < -0.3 is 9.64 Å². The van der Waals surface area contributed by atoms with Crippen molar-refractivity contribution in [3.05, 3.63) is 12.2 Å². The van der Waals surface area contributed by atoms with Crippen LogP contribution in [0.25, 0.3) is 0 Å². The molecular formula is C11H13NO3. The molecule has 3 aliphatic rings. The average Bonchev–Trinajstić information content (AvgIpc) is 2.72. The highest BCUT2D eigenvalue weighted by molar-refractivity contribution is 5.89. The molecule has 1 amide bonds.